The Bertz CT molecular complexity index is 704. The molecule has 3 N–H and O–H groups in total. The van der Waals surface area contributed by atoms with Crippen molar-refractivity contribution in [1.82, 2.24) is 0 Å². The quantitative estimate of drug-likeness (QED) is 0.620. The first kappa shape index (κ1) is 16.0. The van der Waals surface area contributed by atoms with Gasteiger partial charge in [-0.2, -0.15) is 0 Å². The van der Waals surface area contributed by atoms with E-state index in [-0.39, 0.29) is 10.9 Å². The standard InChI is InChI=1S/C15H13BrN2OS2/c1-21-13-5-3-2-4-10(13)15(19)18-12-7-6-9(16)8-11(12)14(17)20/h2-8H,1H3,(H2,17,20)(H,18,19). The van der Waals surface area contributed by atoms with Crippen LogP contribution in [0.15, 0.2) is 51.8 Å². The number of rotatable bonds is 4. The number of nitrogens with two attached hydrogens (primary N) is 1. The van der Waals surface area contributed by atoms with Crippen molar-refractivity contribution in [2.24, 2.45) is 5.73 Å². The Kier molecular flexibility index (Phi) is 5.39. The van der Waals surface area contributed by atoms with E-state index >= 15 is 0 Å². The molecular formula is C15H13BrN2OS2. The molecule has 2 aromatic rings. The molecule has 6 heteroatoms. The van der Waals surface area contributed by atoms with Crippen molar-refractivity contribution in [3.63, 3.8) is 0 Å². The zero-order chi connectivity index (χ0) is 15.4. The van der Waals surface area contributed by atoms with E-state index in [0.29, 0.717) is 16.8 Å². The Balaban J connectivity index is 2.34. The highest BCUT2D eigenvalue weighted by Crippen LogP contribution is 2.24. The van der Waals surface area contributed by atoms with Gasteiger partial charge in [0.05, 0.1) is 11.3 Å². The van der Waals surface area contributed by atoms with Crippen LogP contribution < -0.4 is 11.1 Å². The zero-order valence-corrected chi connectivity index (χ0v) is 14.4. The smallest absolute Gasteiger partial charge is 0.256 e. The largest absolute Gasteiger partial charge is 0.389 e. The number of thioether (sulfide) groups is 1. The first-order valence-corrected chi connectivity index (χ1v) is 8.49. The van der Waals surface area contributed by atoms with E-state index in [9.17, 15) is 4.79 Å². The van der Waals surface area contributed by atoms with Crippen LogP contribution >= 0.6 is 39.9 Å². The number of anilines is 1. The molecule has 1 amide bonds. The molecule has 0 aliphatic heterocycles. The molecular weight excluding hydrogens is 368 g/mol. The van der Waals surface area contributed by atoms with Crippen molar-refractivity contribution in [1.29, 1.82) is 0 Å². The van der Waals surface area contributed by atoms with Crippen molar-refractivity contribution in [2.45, 2.75) is 4.90 Å². The molecule has 21 heavy (non-hydrogen) atoms. The lowest BCUT2D eigenvalue weighted by Crippen LogP contribution is -2.18. The molecule has 0 atom stereocenters. The Labute approximate surface area is 141 Å². The van der Waals surface area contributed by atoms with Crippen LogP contribution in [0.25, 0.3) is 0 Å². The van der Waals surface area contributed by atoms with Crippen molar-refractivity contribution in [3.8, 4) is 0 Å². The normalized spacial score (nSPS) is 10.2. The molecule has 0 unspecified atom stereocenters. The SMILES string of the molecule is CSc1ccccc1C(=O)Nc1ccc(Br)cc1C(N)=S. The molecule has 0 aliphatic rings. The lowest BCUT2D eigenvalue weighted by atomic mass is 10.1. The summed E-state index contributed by atoms with van der Waals surface area (Å²) in [5, 5.41) is 2.87. The Morgan fingerprint density at radius 2 is 1.95 bits per heavy atom. The Hall–Kier alpha value is -1.37. The van der Waals surface area contributed by atoms with E-state index in [1.807, 2.05) is 30.5 Å². The number of carbonyl (C=O) groups excluding carboxylic acids is 1. The fourth-order valence-corrected chi connectivity index (χ4v) is 2.98. The molecule has 2 rings (SSSR count). The molecule has 0 heterocycles. The number of thiocarbonyl (C=S) groups is 1. The van der Waals surface area contributed by atoms with Gasteiger partial charge in [0.1, 0.15) is 4.99 Å². The molecule has 0 bridgehead atoms. The maximum Gasteiger partial charge on any atom is 0.256 e. The first-order chi connectivity index (χ1) is 10.0. The number of hydrogen-bond donors (Lipinski definition) is 2. The van der Waals surface area contributed by atoms with Gasteiger partial charge in [-0.25, -0.2) is 0 Å². The fourth-order valence-electron chi connectivity index (χ4n) is 1.85. The van der Waals surface area contributed by atoms with Crippen LogP contribution in [0, 0.1) is 0 Å². The molecule has 0 aliphatic carbocycles. The first-order valence-electron chi connectivity index (χ1n) is 6.06. The second-order valence-electron chi connectivity index (χ2n) is 4.21. The topological polar surface area (TPSA) is 55.1 Å². The number of benzene rings is 2. The van der Waals surface area contributed by atoms with Gasteiger partial charge >= 0.3 is 0 Å². The predicted molar refractivity (Wildman–Crippen MR) is 96.2 cm³/mol. The van der Waals surface area contributed by atoms with Gasteiger partial charge in [0.15, 0.2) is 0 Å². The van der Waals surface area contributed by atoms with E-state index < -0.39 is 0 Å². The minimum atomic E-state index is -0.181. The lowest BCUT2D eigenvalue weighted by Gasteiger charge is -2.12. The molecule has 108 valence electrons. The highest BCUT2D eigenvalue weighted by atomic mass is 79.9. The second-order valence-corrected chi connectivity index (χ2v) is 6.41. The molecule has 2 aromatic carbocycles. The molecule has 0 aromatic heterocycles. The third-order valence-electron chi connectivity index (χ3n) is 2.85. The van der Waals surface area contributed by atoms with Crippen LogP contribution in [-0.4, -0.2) is 17.2 Å². The Morgan fingerprint density at radius 1 is 1.24 bits per heavy atom. The predicted octanol–water partition coefficient (Wildman–Crippen LogP) is 4.06. The van der Waals surface area contributed by atoms with Crippen molar-refractivity contribution < 1.29 is 4.79 Å². The van der Waals surface area contributed by atoms with Crippen molar-refractivity contribution in [2.75, 3.05) is 11.6 Å². The van der Waals surface area contributed by atoms with Crippen molar-refractivity contribution in [3.05, 3.63) is 58.1 Å². The highest BCUT2D eigenvalue weighted by molar-refractivity contribution is 9.10. The minimum absolute atomic E-state index is 0.181. The third-order valence-corrected chi connectivity index (χ3v) is 4.36. The van der Waals surface area contributed by atoms with Crippen molar-refractivity contribution >= 4 is 56.5 Å². The summed E-state index contributed by atoms with van der Waals surface area (Å²) in [5.41, 5.74) is 7.57. The fraction of sp³-hybridized carbons (Fsp3) is 0.0667. The number of hydrogen-bond acceptors (Lipinski definition) is 3. The van der Waals surface area contributed by atoms with Gasteiger partial charge in [-0.3, -0.25) is 4.79 Å². The van der Waals surface area contributed by atoms with Crippen LogP contribution in [-0.2, 0) is 0 Å². The molecule has 0 radical (unpaired) electrons. The average Bonchev–Trinajstić information content (AvgIpc) is 2.48. The lowest BCUT2D eigenvalue weighted by molar-refractivity contribution is 0.102. The molecule has 0 saturated heterocycles. The van der Waals surface area contributed by atoms with Gasteiger partial charge in [0.2, 0.25) is 0 Å². The van der Waals surface area contributed by atoms with E-state index in [1.165, 1.54) is 11.8 Å². The van der Waals surface area contributed by atoms with Gasteiger partial charge in [-0.1, -0.05) is 40.3 Å². The van der Waals surface area contributed by atoms with Crippen LogP contribution in [0.3, 0.4) is 0 Å². The van der Waals surface area contributed by atoms with Gasteiger partial charge in [-0.05, 0) is 36.6 Å². The Morgan fingerprint density at radius 3 is 2.62 bits per heavy atom. The molecule has 3 nitrogen and oxygen atoms in total. The van der Waals surface area contributed by atoms with Gasteiger partial charge in [0, 0.05) is 14.9 Å². The molecule has 0 spiro atoms. The molecule has 0 saturated carbocycles. The number of carbonyl (C=O) groups is 1. The van der Waals surface area contributed by atoms with Crippen LogP contribution in [0.5, 0.6) is 0 Å². The summed E-state index contributed by atoms with van der Waals surface area (Å²) in [7, 11) is 0. The van der Waals surface area contributed by atoms with Gasteiger partial charge in [0.25, 0.3) is 5.91 Å². The maximum absolute atomic E-state index is 12.4. The minimum Gasteiger partial charge on any atom is -0.389 e. The summed E-state index contributed by atoms with van der Waals surface area (Å²) in [6.45, 7) is 0. The van der Waals surface area contributed by atoms with Crippen LogP contribution in [0.1, 0.15) is 15.9 Å². The van der Waals surface area contributed by atoms with Crippen LogP contribution in [0.4, 0.5) is 5.69 Å². The van der Waals surface area contributed by atoms with Gasteiger partial charge < -0.3 is 11.1 Å². The molecule has 0 fully saturated rings. The number of nitrogens with one attached hydrogen (secondary N) is 1. The van der Waals surface area contributed by atoms with Crippen LogP contribution in [0.2, 0.25) is 0 Å². The average molecular weight is 381 g/mol. The van der Waals surface area contributed by atoms with E-state index in [4.69, 9.17) is 18.0 Å². The summed E-state index contributed by atoms with van der Waals surface area (Å²) >= 11 is 9.92. The van der Waals surface area contributed by atoms with E-state index in [2.05, 4.69) is 21.2 Å². The van der Waals surface area contributed by atoms with E-state index in [0.717, 1.165) is 9.37 Å². The summed E-state index contributed by atoms with van der Waals surface area (Å²) in [6.07, 6.45) is 1.94. The van der Waals surface area contributed by atoms with E-state index in [1.54, 1.807) is 18.2 Å². The highest BCUT2D eigenvalue weighted by Gasteiger charge is 2.13. The number of halogens is 1. The monoisotopic (exact) mass is 380 g/mol. The second kappa shape index (κ2) is 7.06. The summed E-state index contributed by atoms with van der Waals surface area (Å²) < 4.78 is 0.854. The third kappa shape index (κ3) is 3.84. The summed E-state index contributed by atoms with van der Waals surface area (Å²) in [4.78, 5) is 13.6. The van der Waals surface area contributed by atoms with Gasteiger partial charge in [-0.15, -0.1) is 11.8 Å². The maximum atomic E-state index is 12.4. The summed E-state index contributed by atoms with van der Waals surface area (Å²) in [5.74, 6) is -0.181. The summed E-state index contributed by atoms with van der Waals surface area (Å²) in [6, 6.07) is 12.8. The number of amides is 1. The zero-order valence-electron chi connectivity index (χ0n) is 11.2.